The molecule has 0 spiro atoms. The van der Waals surface area contributed by atoms with E-state index in [0.29, 0.717) is 12.2 Å². The maximum atomic E-state index is 6.01. The van der Waals surface area contributed by atoms with Crippen molar-refractivity contribution >= 4 is 0 Å². The minimum Gasteiger partial charge on any atom is -0.375 e. The van der Waals surface area contributed by atoms with E-state index in [2.05, 4.69) is 37.3 Å². The SMILES string of the molecule is CCC[C@@H]1CC[C@H](Cc2ccccc2)O1. The lowest BCUT2D eigenvalue weighted by atomic mass is 10.0. The first kappa shape index (κ1) is 10.7. The van der Waals surface area contributed by atoms with Crippen LogP contribution in [0.5, 0.6) is 0 Å². The van der Waals surface area contributed by atoms with Gasteiger partial charge in [0.1, 0.15) is 0 Å². The lowest BCUT2D eigenvalue weighted by molar-refractivity contribution is 0.0407. The summed E-state index contributed by atoms with van der Waals surface area (Å²) >= 11 is 0. The van der Waals surface area contributed by atoms with Gasteiger partial charge in [-0.05, 0) is 31.2 Å². The molecule has 0 N–H and O–H groups in total. The fourth-order valence-corrected chi connectivity index (χ4v) is 2.34. The number of benzene rings is 1. The maximum Gasteiger partial charge on any atom is 0.0620 e. The van der Waals surface area contributed by atoms with Crippen molar-refractivity contribution in [1.82, 2.24) is 0 Å². The minimum absolute atomic E-state index is 0.462. The molecule has 1 aliphatic rings. The van der Waals surface area contributed by atoms with E-state index in [-0.39, 0.29) is 0 Å². The van der Waals surface area contributed by atoms with E-state index in [9.17, 15) is 0 Å². The van der Waals surface area contributed by atoms with Gasteiger partial charge in [0, 0.05) is 0 Å². The van der Waals surface area contributed by atoms with Gasteiger partial charge in [0.2, 0.25) is 0 Å². The predicted molar refractivity (Wildman–Crippen MR) is 62.9 cm³/mol. The van der Waals surface area contributed by atoms with Gasteiger partial charge in [-0.25, -0.2) is 0 Å². The first-order valence-electron chi connectivity index (χ1n) is 6.08. The molecule has 0 radical (unpaired) electrons. The Labute approximate surface area is 92.5 Å². The average Bonchev–Trinajstić information content (AvgIpc) is 2.68. The molecule has 1 aliphatic heterocycles. The maximum absolute atomic E-state index is 6.01. The van der Waals surface area contributed by atoms with E-state index >= 15 is 0 Å². The lowest BCUT2D eigenvalue weighted by Gasteiger charge is -2.12. The first-order chi connectivity index (χ1) is 7.38. The summed E-state index contributed by atoms with van der Waals surface area (Å²) in [7, 11) is 0. The van der Waals surface area contributed by atoms with Crippen molar-refractivity contribution in [3.63, 3.8) is 0 Å². The second kappa shape index (κ2) is 5.32. The van der Waals surface area contributed by atoms with Crippen LogP contribution in [0.15, 0.2) is 30.3 Å². The fourth-order valence-electron chi connectivity index (χ4n) is 2.34. The van der Waals surface area contributed by atoms with Gasteiger partial charge < -0.3 is 4.74 Å². The molecule has 82 valence electrons. The Morgan fingerprint density at radius 1 is 1.13 bits per heavy atom. The van der Waals surface area contributed by atoms with Gasteiger partial charge >= 0.3 is 0 Å². The van der Waals surface area contributed by atoms with Crippen molar-refractivity contribution in [2.24, 2.45) is 0 Å². The van der Waals surface area contributed by atoms with Crippen molar-refractivity contribution in [1.29, 1.82) is 0 Å². The number of rotatable bonds is 4. The number of hydrogen-bond donors (Lipinski definition) is 0. The Morgan fingerprint density at radius 3 is 2.60 bits per heavy atom. The van der Waals surface area contributed by atoms with Crippen molar-refractivity contribution in [3.05, 3.63) is 35.9 Å². The molecular weight excluding hydrogens is 184 g/mol. The molecular formula is C14H20O. The predicted octanol–water partition coefficient (Wildman–Crippen LogP) is 3.58. The molecule has 0 aromatic heterocycles. The Morgan fingerprint density at radius 2 is 1.87 bits per heavy atom. The Kier molecular flexibility index (Phi) is 3.79. The van der Waals surface area contributed by atoms with E-state index in [1.54, 1.807) is 0 Å². The van der Waals surface area contributed by atoms with Crippen LogP contribution in [0.25, 0.3) is 0 Å². The summed E-state index contributed by atoms with van der Waals surface area (Å²) in [4.78, 5) is 0. The van der Waals surface area contributed by atoms with Crippen LogP contribution in [0.1, 0.15) is 38.2 Å². The zero-order valence-electron chi connectivity index (χ0n) is 9.49. The van der Waals surface area contributed by atoms with Gasteiger partial charge in [0.25, 0.3) is 0 Å². The molecule has 0 aliphatic carbocycles. The van der Waals surface area contributed by atoms with Gasteiger partial charge in [-0.3, -0.25) is 0 Å². The molecule has 1 fully saturated rings. The van der Waals surface area contributed by atoms with Gasteiger partial charge in [0.05, 0.1) is 12.2 Å². The molecule has 1 heterocycles. The monoisotopic (exact) mass is 204 g/mol. The van der Waals surface area contributed by atoms with Gasteiger partial charge in [-0.2, -0.15) is 0 Å². The summed E-state index contributed by atoms with van der Waals surface area (Å²) in [6, 6.07) is 10.7. The van der Waals surface area contributed by atoms with Crippen molar-refractivity contribution < 1.29 is 4.74 Å². The van der Waals surface area contributed by atoms with Crippen molar-refractivity contribution in [2.45, 2.75) is 51.2 Å². The van der Waals surface area contributed by atoms with E-state index < -0.39 is 0 Å². The van der Waals surface area contributed by atoms with Crippen LogP contribution in [0, 0.1) is 0 Å². The van der Waals surface area contributed by atoms with Crippen LogP contribution in [-0.2, 0) is 11.2 Å². The number of ether oxygens (including phenoxy) is 1. The number of hydrogen-bond acceptors (Lipinski definition) is 1. The summed E-state index contributed by atoms with van der Waals surface area (Å²) in [5.41, 5.74) is 1.40. The van der Waals surface area contributed by atoms with E-state index in [1.807, 2.05) is 0 Å². The quantitative estimate of drug-likeness (QED) is 0.728. The molecule has 1 aromatic carbocycles. The van der Waals surface area contributed by atoms with Gasteiger partial charge in [-0.1, -0.05) is 43.7 Å². The Bertz CT molecular complexity index is 281. The largest absolute Gasteiger partial charge is 0.375 e. The molecule has 0 bridgehead atoms. The third-order valence-corrected chi connectivity index (χ3v) is 3.11. The van der Waals surface area contributed by atoms with Crippen molar-refractivity contribution in [3.8, 4) is 0 Å². The third kappa shape index (κ3) is 3.07. The smallest absolute Gasteiger partial charge is 0.0620 e. The van der Waals surface area contributed by atoms with Crippen LogP contribution in [0.2, 0.25) is 0 Å². The molecule has 1 heteroatoms. The van der Waals surface area contributed by atoms with Crippen LogP contribution in [0.4, 0.5) is 0 Å². The van der Waals surface area contributed by atoms with E-state index in [1.165, 1.54) is 31.2 Å². The van der Waals surface area contributed by atoms with Gasteiger partial charge in [0.15, 0.2) is 0 Å². The second-order valence-electron chi connectivity index (χ2n) is 4.44. The Balaban J connectivity index is 1.82. The van der Waals surface area contributed by atoms with E-state index in [4.69, 9.17) is 4.74 Å². The summed E-state index contributed by atoms with van der Waals surface area (Å²) < 4.78 is 6.01. The summed E-state index contributed by atoms with van der Waals surface area (Å²) in [6.07, 6.45) is 7.03. The standard InChI is InChI=1S/C14H20O/c1-2-6-13-9-10-14(15-13)11-12-7-4-3-5-8-12/h3-5,7-8,13-14H,2,6,9-11H2,1H3/t13-,14-/m1/s1. The molecule has 2 atom stereocenters. The molecule has 15 heavy (non-hydrogen) atoms. The van der Waals surface area contributed by atoms with Crippen LogP contribution >= 0.6 is 0 Å². The second-order valence-corrected chi connectivity index (χ2v) is 4.44. The van der Waals surface area contributed by atoms with Crippen molar-refractivity contribution in [2.75, 3.05) is 0 Å². The highest BCUT2D eigenvalue weighted by Crippen LogP contribution is 2.25. The normalized spacial score (nSPS) is 25.7. The van der Waals surface area contributed by atoms with Crippen LogP contribution in [-0.4, -0.2) is 12.2 Å². The molecule has 1 saturated heterocycles. The zero-order chi connectivity index (χ0) is 10.5. The highest BCUT2D eigenvalue weighted by Gasteiger charge is 2.24. The van der Waals surface area contributed by atoms with Crippen LogP contribution in [0.3, 0.4) is 0 Å². The minimum atomic E-state index is 0.462. The average molecular weight is 204 g/mol. The first-order valence-corrected chi connectivity index (χ1v) is 6.08. The molecule has 0 unspecified atom stereocenters. The molecule has 0 amide bonds. The van der Waals surface area contributed by atoms with Crippen LogP contribution < -0.4 is 0 Å². The topological polar surface area (TPSA) is 9.23 Å². The summed E-state index contributed by atoms with van der Waals surface area (Å²) in [6.45, 7) is 2.23. The summed E-state index contributed by atoms with van der Waals surface area (Å²) in [5.74, 6) is 0. The lowest BCUT2D eigenvalue weighted by Crippen LogP contribution is -2.13. The summed E-state index contributed by atoms with van der Waals surface area (Å²) in [5, 5.41) is 0. The highest BCUT2D eigenvalue weighted by atomic mass is 16.5. The highest BCUT2D eigenvalue weighted by molar-refractivity contribution is 5.15. The Hall–Kier alpha value is -0.820. The fraction of sp³-hybridized carbons (Fsp3) is 0.571. The molecule has 1 nitrogen and oxygen atoms in total. The molecule has 2 rings (SSSR count). The van der Waals surface area contributed by atoms with Gasteiger partial charge in [-0.15, -0.1) is 0 Å². The van der Waals surface area contributed by atoms with E-state index in [0.717, 1.165) is 6.42 Å². The zero-order valence-corrected chi connectivity index (χ0v) is 9.49. The third-order valence-electron chi connectivity index (χ3n) is 3.11. The molecule has 1 aromatic rings. The molecule has 0 saturated carbocycles.